The minimum absolute atomic E-state index is 0.0615. The second kappa shape index (κ2) is 10.5. The third kappa shape index (κ3) is 4.78. The molecule has 0 aliphatic heterocycles. The lowest BCUT2D eigenvalue weighted by atomic mass is 9.68. The number of benzene rings is 3. The summed E-state index contributed by atoms with van der Waals surface area (Å²) in [6, 6.07) is 27.5. The summed E-state index contributed by atoms with van der Waals surface area (Å²) in [4.78, 5) is 38.1. The van der Waals surface area contributed by atoms with Crippen LogP contribution in [0, 0.1) is 0 Å². The maximum absolute atomic E-state index is 14.1. The van der Waals surface area contributed by atoms with Crippen molar-refractivity contribution in [3.63, 3.8) is 0 Å². The summed E-state index contributed by atoms with van der Waals surface area (Å²) in [5.41, 5.74) is 1.10. The number of esters is 1. The van der Waals surface area contributed by atoms with Gasteiger partial charge in [0.05, 0.1) is 7.11 Å². The van der Waals surface area contributed by atoms with Crippen LogP contribution in [-0.4, -0.2) is 30.8 Å². The van der Waals surface area contributed by atoms with E-state index in [1.807, 2.05) is 91.0 Å². The molecule has 1 amide bonds. The highest BCUT2D eigenvalue weighted by atomic mass is 16.5. The summed E-state index contributed by atoms with van der Waals surface area (Å²) in [5.74, 6) is -1.00. The number of ketones is 1. The van der Waals surface area contributed by atoms with Crippen LogP contribution in [0.15, 0.2) is 91.0 Å². The highest BCUT2D eigenvalue weighted by Crippen LogP contribution is 2.39. The van der Waals surface area contributed by atoms with E-state index in [-0.39, 0.29) is 24.5 Å². The molecule has 3 rings (SSSR count). The monoisotopic (exact) mass is 429 g/mol. The van der Waals surface area contributed by atoms with Crippen molar-refractivity contribution < 1.29 is 19.1 Å². The second-order valence-electron chi connectivity index (χ2n) is 7.64. The summed E-state index contributed by atoms with van der Waals surface area (Å²) >= 11 is 0. The number of ether oxygens (including phenoxy) is 1. The van der Waals surface area contributed by atoms with Gasteiger partial charge in [0.2, 0.25) is 5.91 Å². The van der Waals surface area contributed by atoms with Crippen LogP contribution in [0.1, 0.15) is 36.5 Å². The van der Waals surface area contributed by atoms with E-state index in [0.29, 0.717) is 0 Å². The van der Waals surface area contributed by atoms with Gasteiger partial charge in [0.15, 0.2) is 0 Å². The third-order valence-electron chi connectivity index (χ3n) is 5.54. The van der Waals surface area contributed by atoms with Gasteiger partial charge in [0.25, 0.3) is 0 Å². The van der Waals surface area contributed by atoms with Gasteiger partial charge in [-0.1, -0.05) is 91.0 Å². The van der Waals surface area contributed by atoms with Gasteiger partial charge in [-0.25, -0.2) is 4.79 Å². The van der Waals surface area contributed by atoms with Crippen molar-refractivity contribution in [3.8, 4) is 0 Å². The number of nitrogens with one attached hydrogen (secondary N) is 1. The van der Waals surface area contributed by atoms with Crippen molar-refractivity contribution in [1.82, 2.24) is 5.32 Å². The van der Waals surface area contributed by atoms with Gasteiger partial charge in [0.1, 0.15) is 17.2 Å². The number of carbonyl (C=O) groups is 3. The Bertz CT molecular complexity index is 952. The molecule has 5 nitrogen and oxygen atoms in total. The number of carbonyl (C=O) groups excluding carboxylic acids is 3. The Morgan fingerprint density at radius 2 is 1.19 bits per heavy atom. The van der Waals surface area contributed by atoms with E-state index in [9.17, 15) is 14.4 Å². The van der Waals surface area contributed by atoms with Gasteiger partial charge in [0, 0.05) is 6.42 Å². The summed E-state index contributed by atoms with van der Waals surface area (Å²) < 4.78 is 4.91. The molecule has 1 N–H and O–H groups in total. The fourth-order valence-electron chi connectivity index (χ4n) is 3.96. The molecule has 0 aliphatic carbocycles. The van der Waals surface area contributed by atoms with Gasteiger partial charge < -0.3 is 14.8 Å². The Labute approximate surface area is 188 Å². The number of methoxy groups -OCH3 is 1. The molecule has 0 bridgehead atoms. The standard InChI is InChI=1S/C27H27NO4/c1-20(29)18-19-24(25(30)32-2)28-26(31)27(21-12-6-3-7-13-21,22-14-8-4-9-15-22)23-16-10-5-11-17-23/h3-17,24H,18-19H2,1-2H3,(H,28,31)/t24-/m0/s1. The first-order valence-corrected chi connectivity index (χ1v) is 10.5. The average Bonchev–Trinajstić information content (AvgIpc) is 2.83. The van der Waals surface area contributed by atoms with Crippen LogP contribution in [0.4, 0.5) is 0 Å². The van der Waals surface area contributed by atoms with Crippen LogP contribution in [0.25, 0.3) is 0 Å². The zero-order valence-corrected chi connectivity index (χ0v) is 18.3. The van der Waals surface area contributed by atoms with Crippen molar-refractivity contribution in [3.05, 3.63) is 108 Å². The molecule has 3 aromatic rings. The van der Waals surface area contributed by atoms with Crippen molar-refractivity contribution in [2.75, 3.05) is 7.11 Å². The highest BCUT2D eigenvalue weighted by Gasteiger charge is 2.45. The summed E-state index contributed by atoms with van der Waals surface area (Å²) in [6.07, 6.45) is 0.331. The molecule has 0 unspecified atom stereocenters. The molecule has 0 heterocycles. The van der Waals surface area contributed by atoms with Crippen LogP contribution in [-0.2, 0) is 24.5 Å². The normalized spacial score (nSPS) is 11.9. The number of hydrogen-bond acceptors (Lipinski definition) is 4. The van der Waals surface area contributed by atoms with Crippen molar-refractivity contribution in [2.45, 2.75) is 31.2 Å². The maximum Gasteiger partial charge on any atom is 0.328 e. The van der Waals surface area contributed by atoms with Gasteiger partial charge in [-0.3, -0.25) is 4.79 Å². The van der Waals surface area contributed by atoms with Crippen LogP contribution in [0.3, 0.4) is 0 Å². The summed E-state index contributed by atoms with van der Waals surface area (Å²) in [6.45, 7) is 1.46. The highest BCUT2D eigenvalue weighted by molar-refractivity contribution is 5.98. The predicted molar refractivity (Wildman–Crippen MR) is 123 cm³/mol. The van der Waals surface area contributed by atoms with E-state index in [1.54, 1.807) is 0 Å². The first-order chi connectivity index (χ1) is 15.5. The molecule has 0 fully saturated rings. The van der Waals surface area contributed by atoms with Gasteiger partial charge in [-0.15, -0.1) is 0 Å². The smallest absolute Gasteiger partial charge is 0.328 e. The molecule has 3 aromatic carbocycles. The summed E-state index contributed by atoms with van der Waals surface area (Å²) in [7, 11) is 1.27. The molecule has 0 aromatic heterocycles. The van der Waals surface area contributed by atoms with E-state index in [0.717, 1.165) is 16.7 Å². The molecule has 0 aliphatic rings. The fraction of sp³-hybridized carbons (Fsp3) is 0.222. The van der Waals surface area contributed by atoms with Crippen LogP contribution in [0.2, 0.25) is 0 Å². The van der Waals surface area contributed by atoms with Crippen molar-refractivity contribution in [2.24, 2.45) is 0 Å². The topological polar surface area (TPSA) is 72.5 Å². The van der Waals surface area contributed by atoms with E-state index in [2.05, 4.69) is 5.32 Å². The molecule has 0 saturated heterocycles. The SMILES string of the molecule is COC(=O)[C@H](CCC(C)=O)NC(=O)C(c1ccccc1)(c1ccccc1)c1ccccc1. The number of Topliss-reactive ketones (excluding diaryl/α,β-unsaturated/α-hetero) is 1. The quantitative estimate of drug-likeness (QED) is 0.411. The Kier molecular flexibility index (Phi) is 7.55. The average molecular weight is 430 g/mol. The van der Waals surface area contributed by atoms with Crippen LogP contribution in [0.5, 0.6) is 0 Å². The molecular weight excluding hydrogens is 402 g/mol. The minimum atomic E-state index is -1.20. The minimum Gasteiger partial charge on any atom is -0.467 e. The molecule has 164 valence electrons. The molecule has 0 saturated carbocycles. The molecule has 0 spiro atoms. The first-order valence-electron chi connectivity index (χ1n) is 10.5. The zero-order chi connectivity index (χ0) is 23.0. The van der Waals surface area contributed by atoms with Crippen LogP contribution >= 0.6 is 0 Å². The number of amides is 1. The van der Waals surface area contributed by atoms with E-state index in [4.69, 9.17) is 4.74 Å². The fourth-order valence-corrected chi connectivity index (χ4v) is 3.96. The lowest BCUT2D eigenvalue weighted by Crippen LogP contribution is -2.52. The van der Waals surface area contributed by atoms with Crippen molar-refractivity contribution >= 4 is 17.7 Å². The molecule has 0 radical (unpaired) electrons. The van der Waals surface area contributed by atoms with Gasteiger partial charge >= 0.3 is 5.97 Å². The second-order valence-corrected chi connectivity index (χ2v) is 7.64. The Balaban J connectivity index is 2.18. The Morgan fingerprint density at radius 1 is 0.781 bits per heavy atom. The largest absolute Gasteiger partial charge is 0.467 e. The first kappa shape index (κ1) is 22.9. The van der Waals surface area contributed by atoms with Gasteiger partial charge in [-0.2, -0.15) is 0 Å². The third-order valence-corrected chi connectivity index (χ3v) is 5.54. The predicted octanol–water partition coefficient (Wildman–Crippen LogP) is 4.05. The van der Waals surface area contributed by atoms with Crippen molar-refractivity contribution in [1.29, 1.82) is 0 Å². The summed E-state index contributed by atoms with van der Waals surface area (Å²) in [5, 5.41) is 2.89. The Hall–Kier alpha value is -3.73. The van der Waals surface area contributed by atoms with E-state index in [1.165, 1.54) is 14.0 Å². The number of rotatable bonds is 9. The Morgan fingerprint density at radius 3 is 1.53 bits per heavy atom. The maximum atomic E-state index is 14.1. The molecule has 5 heteroatoms. The molecule has 32 heavy (non-hydrogen) atoms. The van der Waals surface area contributed by atoms with E-state index >= 15 is 0 Å². The molecular formula is C27H27NO4. The van der Waals surface area contributed by atoms with Gasteiger partial charge in [-0.05, 0) is 30.0 Å². The molecule has 1 atom stereocenters. The lowest BCUT2D eigenvalue weighted by molar-refractivity contribution is -0.145. The zero-order valence-electron chi connectivity index (χ0n) is 18.3. The number of hydrogen-bond donors (Lipinski definition) is 1. The van der Waals surface area contributed by atoms with E-state index < -0.39 is 17.4 Å². The lowest BCUT2D eigenvalue weighted by Gasteiger charge is -2.35. The van der Waals surface area contributed by atoms with Crippen LogP contribution < -0.4 is 5.32 Å².